The van der Waals surface area contributed by atoms with Crippen LogP contribution in [-0.2, 0) is 17.9 Å². The smallest absolute Gasteiger partial charge is 0.240 e. The van der Waals surface area contributed by atoms with Crippen molar-refractivity contribution in [2.24, 2.45) is 5.92 Å². The Morgan fingerprint density at radius 2 is 2.16 bits per heavy atom. The Morgan fingerprint density at radius 3 is 2.79 bits per heavy atom. The van der Waals surface area contributed by atoms with E-state index in [-0.39, 0.29) is 11.9 Å². The van der Waals surface area contributed by atoms with E-state index >= 15 is 0 Å². The molecule has 1 atom stereocenters. The summed E-state index contributed by atoms with van der Waals surface area (Å²) >= 11 is 0. The Kier molecular flexibility index (Phi) is 6.56. The zero-order valence-electron chi connectivity index (χ0n) is 12.4. The van der Waals surface area contributed by atoms with E-state index in [1.54, 1.807) is 6.33 Å². The minimum absolute atomic E-state index is 0.0356. The van der Waals surface area contributed by atoms with E-state index < -0.39 is 0 Å². The first-order valence-corrected chi connectivity index (χ1v) is 7.02. The lowest BCUT2D eigenvalue weighted by Crippen LogP contribution is -2.34. The predicted octanol–water partition coefficient (Wildman–Crippen LogP) is 1.54. The van der Waals surface area contributed by atoms with Crippen LogP contribution >= 0.6 is 0 Å². The molecule has 0 aliphatic rings. The molecular formula is C14H26N4O. The lowest BCUT2D eigenvalue weighted by atomic mass is 10.2. The first kappa shape index (κ1) is 15.7. The molecule has 0 saturated carbocycles. The third-order valence-electron chi connectivity index (χ3n) is 2.89. The van der Waals surface area contributed by atoms with Crippen LogP contribution in [0, 0.1) is 5.92 Å². The number of carbonyl (C=O) groups excluding carboxylic acids is 1. The van der Waals surface area contributed by atoms with Crippen LogP contribution in [0.25, 0.3) is 0 Å². The summed E-state index contributed by atoms with van der Waals surface area (Å²) in [5.74, 6) is 0.664. The highest BCUT2D eigenvalue weighted by molar-refractivity contribution is 5.75. The summed E-state index contributed by atoms with van der Waals surface area (Å²) in [6.07, 6.45) is 4.58. The number of amides is 1. The largest absolute Gasteiger partial charge is 0.352 e. The molecule has 0 saturated heterocycles. The molecule has 1 amide bonds. The van der Waals surface area contributed by atoms with Crippen LogP contribution in [0.2, 0.25) is 0 Å². The molecule has 1 rings (SSSR count). The molecule has 0 radical (unpaired) electrons. The van der Waals surface area contributed by atoms with Gasteiger partial charge in [0, 0.05) is 18.8 Å². The van der Waals surface area contributed by atoms with Gasteiger partial charge < -0.3 is 15.2 Å². The second kappa shape index (κ2) is 7.94. The summed E-state index contributed by atoms with van der Waals surface area (Å²) < 4.78 is 1.82. The first-order valence-electron chi connectivity index (χ1n) is 7.02. The molecule has 19 heavy (non-hydrogen) atoms. The molecule has 0 spiro atoms. The minimum Gasteiger partial charge on any atom is -0.352 e. The van der Waals surface area contributed by atoms with Crippen molar-refractivity contribution in [2.45, 2.75) is 53.2 Å². The summed E-state index contributed by atoms with van der Waals surface area (Å²) in [5.41, 5.74) is 0.969. The van der Waals surface area contributed by atoms with Crippen LogP contribution in [0.3, 0.4) is 0 Å². The van der Waals surface area contributed by atoms with Gasteiger partial charge in [0.05, 0.1) is 12.0 Å². The SMILES string of the molecule is CCC(C)NC(=O)Cn1cnc(CNCC(C)C)c1. The summed E-state index contributed by atoms with van der Waals surface area (Å²) in [6.45, 7) is 10.5. The van der Waals surface area contributed by atoms with E-state index in [0.29, 0.717) is 12.5 Å². The number of nitrogens with zero attached hydrogens (tertiary/aromatic N) is 2. The zero-order chi connectivity index (χ0) is 14.3. The standard InChI is InChI=1S/C14H26N4O/c1-5-12(4)17-14(19)9-18-8-13(16-10-18)7-15-6-11(2)3/h8,10-12,15H,5-7,9H2,1-4H3,(H,17,19). The molecule has 5 nitrogen and oxygen atoms in total. The fourth-order valence-corrected chi connectivity index (χ4v) is 1.66. The van der Waals surface area contributed by atoms with E-state index in [4.69, 9.17) is 0 Å². The average molecular weight is 266 g/mol. The molecule has 1 heterocycles. The van der Waals surface area contributed by atoms with Crippen LogP contribution < -0.4 is 10.6 Å². The summed E-state index contributed by atoms with van der Waals surface area (Å²) in [7, 11) is 0. The van der Waals surface area contributed by atoms with E-state index in [2.05, 4.69) is 36.4 Å². The fourth-order valence-electron chi connectivity index (χ4n) is 1.66. The monoisotopic (exact) mass is 266 g/mol. The van der Waals surface area contributed by atoms with Crippen molar-refractivity contribution in [1.29, 1.82) is 0 Å². The third-order valence-corrected chi connectivity index (χ3v) is 2.89. The number of hydrogen-bond donors (Lipinski definition) is 2. The predicted molar refractivity (Wildman–Crippen MR) is 76.7 cm³/mol. The topological polar surface area (TPSA) is 59.0 Å². The second-order valence-electron chi connectivity index (χ2n) is 5.44. The van der Waals surface area contributed by atoms with Crippen LogP contribution in [0.1, 0.15) is 39.8 Å². The van der Waals surface area contributed by atoms with Crippen molar-refractivity contribution in [3.63, 3.8) is 0 Å². The minimum atomic E-state index is 0.0356. The van der Waals surface area contributed by atoms with E-state index in [1.807, 2.05) is 17.7 Å². The quantitative estimate of drug-likeness (QED) is 0.750. The highest BCUT2D eigenvalue weighted by Crippen LogP contribution is 1.98. The van der Waals surface area contributed by atoms with Crippen LogP contribution in [-0.4, -0.2) is 28.0 Å². The molecule has 1 aromatic heterocycles. The maximum Gasteiger partial charge on any atom is 0.240 e. The Hall–Kier alpha value is -1.36. The van der Waals surface area contributed by atoms with E-state index in [0.717, 1.165) is 25.2 Å². The number of imidazole rings is 1. The number of aromatic nitrogens is 2. The van der Waals surface area contributed by atoms with Gasteiger partial charge in [0.15, 0.2) is 0 Å². The average Bonchev–Trinajstić information content (AvgIpc) is 2.75. The van der Waals surface area contributed by atoms with Crippen LogP contribution in [0.15, 0.2) is 12.5 Å². The highest BCUT2D eigenvalue weighted by Gasteiger charge is 2.07. The van der Waals surface area contributed by atoms with E-state index in [1.165, 1.54) is 0 Å². The molecule has 0 aliphatic carbocycles. The molecule has 0 fully saturated rings. The number of hydrogen-bond acceptors (Lipinski definition) is 3. The molecule has 0 bridgehead atoms. The molecule has 108 valence electrons. The van der Waals surface area contributed by atoms with Crippen molar-refractivity contribution in [1.82, 2.24) is 20.2 Å². The maximum absolute atomic E-state index is 11.7. The second-order valence-corrected chi connectivity index (χ2v) is 5.44. The van der Waals surface area contributed by atoms with Crippen LogP contribution in [0.4, 0.5) is 0 Å². The van der Waals surface area contributed by atoms with Gasteiger partial charge in [-0.3, -0.25) is 4.79 Å². The molecule has 0 aliphatic heterocycles. The summed E-state index contributed by atoms with van der Waals surface area (Å²) in [4.78, 5) is 16.0. The van der Waals surface area contributed by atoms with Gasteiger partial charge in [0.2, 0.25) is 5.91 Å². The molecule has 0 aromatic carbocycles. The third kappa shape index (κ3) is 6.38. The van der Waals surface area contributed by atoms with Gasteiger partial charge >= 0.3 is 0 Å². The van der Waals surface area contributed by atoms with Gasteiger partial charge in [0.25, 0.3) is 0 Å². The van der Waals surface area contributed by atoms with E-state index in [9.17, 15) is 4.79 Å². The summed E-state index contributed by atoms with van der Waals surface area (Å²) in [6, 6.07) is 0.225. The number of nitrogens with one attached hydrogen (secondary N) is 2. The Morgan fingerprint density at radius 1 is 1.42 bits per heavy atom. The van der Waals surface area contributed by atoms with Crippen LogP contribution in [0.5, 0.6) is 0 Å². The number of rotatable bonds is 8. The van der Waals surface area contributed by atoms with Gasteiger partial charge in [0.1, 0.15) is 6.54 Å². The molecular weight excluding hydrogens is 240 g/mol. The van der Waals surface area contributed by atoms with Gasteiger partial charge in [-0.05, 0) is 25.8 Å². The lowest BCUT2D eigenvalue weighted by molar-refractivity contribution is -0.122. The molecule has 2 N–H and O–H groups in total. The first-order chi connectivity index (χ1) is 9.01. The van der Waals surface area contributed by atoms with Crippen molar-refractivity contribution in [2.75, 3.05) is 6.54 Å². The molecule has 5 heteroatoms. The maximum atomic E-state index is 11.7. The van der Waals surface area contributed by atoms with Crippen molar-refractivity contribution in [3.8, 4) is 0 Å². The van der Waals surface area contributed by atoms with Gasteiger partial charge in [-0.1, -0.05) is 20.8 Å². The lowest BCUT2D eigenvalue weighted by Gasteiger charge is -2.11. The Labute approximate surface area is 115 Å². The van der Waals surface area contributed by atoms with Crippen molar-refractivity contribution < 1.29 is 4.79 Å². The number of carbonyl (C=O) groups is 1. The zero-order valence-corrected chi connectivity index (χ0v) is 12.4. The van der Waals surface area contributed by atoms with Gasteiger partial charge in [-0.2, -0.15) is 0 Å². The van der Waals surface area contributed by atoms with Gasteiger partial charge in [-0.15, -0.1) is 0 Å². The van der Waals surface area contributed by atoms with Crippen molar-refractivity contribution >= 4 is 5.91 Å². The summed E-state index contributed by atoms with van der Waals surface area (Å²) in [5, 5.41) is 6.27. The molecule has 1 unspecified atom stereocenters. The fraction of sp³-hybridized carbons (Fsp3) is 0.714. The molecule has 1 aromatic rings. The Balaban J connectivity index is 2.35. The van der Waals surface area contributed by atoms with Gasteiger partial charge in [-0.25, -0.2) is 4.98 Å². The normalized spacial score (nSPS) is 12.7. The van der Waals surface area contributed by atoms with Crippen molar-refractivity contribution in [3.05, 3.63) is 18.2 Å². The Bertz CT molecular complexity index is 387. The highest BCUT2D eigenvalue weighted by atomic mass is 16.2.